The number of nitrogens with zero attached hydrogens (tertiary/aromatic N) is 4. The van der Waals surface area contributed by atoms with E-state index in [0.29, 0.717) is 11.6 Å². The Morgan fingerprint density at radius 2 is 1.95 bits per heavy atom. The number of aromatic nitrogens is 4. The SMILES string of the molecule is CCCC1(c2nc(-c3ncccn3)no2)CCNCC1. The van der Waals surface area contributed by atoms with Gasteiger partial charge in [-0.25, -0.2) is 9.97 Å². The molecule has 0 bridgehead atoms. The summed E-state index contributed by atoms with van der Waals surface area (Å²) in [4.78, 5) is 12.9. The Morgan fingerprint density at radius 3 is 2.65 bits per heavy atom. The molecule has 0 unspecified atom stereocenters. The van der Waals surface area contributed by atoms with Crippen molar-refractivity contribution >= 4 is 0 Å². The van der Waals surface area contributed by atoms with Gasteiger partial charge in [-0.15, -0.1) is 0 Å². The van der Waals surface area contributed by atoms with E-state index in [-0.39, 0.29) is 5.41 Å². The quantitative estimate of drug-likeness (QED) is 0.917. The zero-order valence-corrected chi connectivity index (χ0v) is 11.7. The molecule has 6 nitrogen and oxygen atoms in total. The Balaban J connectivity index is 1.91. The molecule has 106 valence electrons. The first-order chi connectivity index (χ1) is 9.84. The Hall–Kier alpha value is -1.82. The van der Waals surface area contributed by atoms with Crippen molar-refractivity contribution in [2.24, 2.45) is 0 Å². The third kappa shape index (κ3) is 2.43. The molecule has 0 aromatic carbocycles. The van der Waals surface area contributed by atoms with Crippen molar-refractivity contribution in [2.45, 2.75) is 38.0 Å². The molecule has 0 aliphatic carbocycles. The molecule has 1 saturated heterocycles. The topological polar surface area (TPSA) is 76.7 Å². The predicted molar refractivity (Wildman–Crippen MR) is 74.0 cm³/mol. The van der Waals surface area contributed by atoms with Gasteiger partial charge in [-0.3, -0.25) is 0 Å². The van der Waals surface area contributed by atoms with E-state index in [9.17, 15) is 0 Å². The van der Waals surface area contributed by atoms with Crippen LogP contribution in [0.25, 0.3) is 11.6 Å². The maximum absolute atomic E-state index is 5.55. The molecule has 0 amide bonds. The van der Waals surface area contributed by atoms with Crippen LogP contribution in [-0.4, -0.2) is 33.2 Å². The van der Waals surface area contributed by atoms with Crippen LogP contribution in [0, 0.1) is 0 Å². The lowest BCUT2D eigenvalue weighted by atomic mass is 9.75. The maximum Gasteiger partial charge on any atom is 0.240 e. The normalized spacial score (nSPS) is 18.1. The van der Waals surface area contributed by atoms with E-state index < -0.39 is 0 Å². The van der Waals surface area contributed by atoms with Crippen molar-refractivity contribution in [1.82, 2.24) is 25.4 Å². The number of nitrogens with one attached hydrogen (secondary N) is 1. The molecule has 1 N–H and O–H groups in total. The van der Waals surface area contributed by atoms with Gasteiger partial charge in [0.05, 0.1) is 5.41 Å². The molecule has 1 aliphatic rings. The minimum atomic E-state index is 0.0139. The molecule has 0 atom stereocenters. The van der Waals surface area contributed by atoms with Gasteiger partial charge >= 0.3 is 0 Å². The Labute approximate surface area is 118 Å². The van der Waals surface area contributed by atoms with Crippen molar-refractivity contribution in [3.05, 3.63) is 24.4 Å². The molecule has 3 rings (SSSR count). The number of piperidine rings is 1. The Kier molecular flexibility index (Phi) is 3.73. The molecule has 2 aromatic rings. The van der Waals surface area contributed by atoms with E-state index >= 15 is 0 Å². The molecule has 0 saturated carbocycles. The minimum Gasteiger partial charge on any atom is -0.338 e. The fraction of sp³-hybridized carbons (Fsp3) is 0.571. The van der Waals surface area contributed by atoms with Crippen LogP contribution < -0.4 is 5.32 Å². The highest BCUT2D eigenvalue weighted by atomic mass is 16.5. The zero-order chi connectivity index (χ0) is 13.8. The lowest BCUT2D eigenvalue weighted by molar-refractivity contribution is 0.208. The summed E-state index contributed by atoms with van der Waals surface area (Å²) in [6.45, 7) is 4.19. The lowest BCUT2D eigenvalue weighted by Crippen LogP contribution is -2.40. The van der Waals surface area contributed by atoms with Crippen molar-refractivity contribution in [1.29, 1.82) is 0 Å². The van der Waals surface area contributed by atoms with Crippen LogP contribution in [0.5, 0.6) is 0 Å². The van der Waals surface area contributed by atoms with Gasteiger partial charge in [0.25, 0.3) is 0 Å². The highest BCUT2D eigenvalue weighted by molar-refractivity contribution is 5.40. The van der Waals surface area contributed by atoms with E-state index in [1.807, 2.05) is 0 Å². The van der Waals surface area contributed by atoms with Gasteiger partial charge in [0, 0.05) is 12.4 Å². The summed E-state index contributed by atoms with van der Waals surface area (Å²) in [5.74, 6) is 1.74. The molecule has 0 spiro atoms. The molecule has 0 radical (unpaired) electrons. The first-order valence-electron chi connectivity index (χ1n) is 7.16. The van der Waals surface area contributed by atoms with E-state index in [0.717, 1.165) is 44.7 Å². The van der Waals surface area contributed by atoms with Crippen molar-refractivity contribution < 1.29 is 4.52 Å². The monoisotopic (exact) mass is 273 g/mol. The molecule has 2 aromatic heterocycles. The van der Waals surface area contributed by atoms with Gasteiger partial charge in [0.15, 0.2) is 0 Å². The second kappa shape index (κ2) is 5.66. The average molecular weight is 273 g/mol. The van der Waals surface area contributed by atoms with Gasteiger partial charge < -0.3 is 9.84 Å². The van der Waals surface area contributed by atoms with Crippen LogP contribution in [0.4, 0.5) is 0 Å². The fourth-order valence-corrected chi connectivity index (χ4v) is 2.90. The highest BCUT2D eigenvalue weighted by Gasteiger charge is 2.38. The van der Waals surface area contributed by atoms with Crippen molar-refractivity contribution in [3.63, 3.8) is 0 Å². The van der Waals surface area contributed by atoms with Crippen LogP contribution in [0.1, 0.15) is 38.5 Å². The minimum absolute atomic E-state index is 0.0139. The summed E-state index contributed by atoms with van der Waals surface area (Å²) in [5.41, 5.74) is 0.0139. The third-order valence-corrected chi connectivity index (χ3v) is 3.93. The lowest BCUT2D eigenvalue weighted by Gasteiger charge is -2.34. The van der Waals surface area contributed by atoms with Crippen LogP contribution in [0.2, 0.25) is 0 Å². The summed E-state index contributed by atoms with van der Waals surface area (Å²) in [6.07, 6.45) is 7.64. The van der Waals surface area contributed by atoms with E-state index in [4.69, 9.17) is 4.52 Å². The largest absolute Gasteiger partial charge is 0.338 e. The van der Waals surface area contributed by atoms with E-state index in [1.54, 1.807) is 18.5 Å². The van der Waals surface area contributed by atoms with Crippen LogP contribution in [-0.2, 0) is 5.41 Å². The highest BCUT2D eigenvalue weighted by Crippen LogP contribution is 2.37. The second-order valence-electron chi connectivity index (χ2n) is 5.28. The first-order valence-corrected chi connectivity index (χ1v) is 7.16. The standard InChI is InChI=1S/C14H19N5O/c1-2-4-14(5-9-15-10-6-14)13-18-12(19-20-13)11-16-7-3-8-17-11/h3,7-8,15H,2,4-6,9-10H2,1H3. The van der Waals surface area contributed by atoms with Gasteiger partial charge in [0.1, 0.15) is 0 Å². The maximum atomic E-state index is 5.55. The smallest absolute Gasteiger partial charge is 0.240 e. The van der Waals surface area contributed by atoms with E-state index in [1.165, 1.54) is 0 Å². The van der Waals surface area contributed by atoms with Crippen molar-refractivity contribution in [2.75, 3.05) is 13.1 Å². The molecule has 1 aliphatic heterocycles. The third-order valence-electron chi connectivity index (χ3n) is 3.93. The first kappa shape index (κ1) is 13.2. The van der Waals surface area contributed by atoms with Crippen molar-refractivity contribution in [3.8, 4) is 11.6 Å². The predicted octanol–water partition coefficient (Wildman–Crippen LogP) is 1.95. The number of rotatable bonds is 4. The van der Waals surface area contributed by atoms with Crippen LogP contribution >= 0.6 is 0 Å². The van der Waals surface area contributed by atoms with Crippen LogP contribution in [0.15, 0.2) is 23.0 Å². The summed E-state index contributed by atoms with van der Waals surface area (Å²) in [6, 6.07) is 1.77. The molecule has 3 heterocycles. The number of hydrogen-bond acceptors (Lipinski definition) is 6. The summed E-state index contributed by atoms with van der Waals surface area (Å²) in [7, 11) is 0. The summed E-state index contributed by atoms with van der Waals surface area (Å²) >= 11 is 0. The molecular weight excluding hydrogens is 254 g/mol. The van der Waals surface area contributed by atoms with Gasteiger partial charge in [0.2, 0.25) is 17.5 Å². The van der Waals surface area contributed by atoms with Gasteiger partial charge in [-0.2, -0.15) is 4.98 Å². The Morgan fingerprint density at radius 1 is 1.20 bits per heavy atom. The van der Waals surface area contributed by atoms with Gasteiger partial charge in [-0.05, 0) is 38.4 Å². The summed E-state index contributed by atoms with van der Waals surface area (Å²) in [5, 5.41) is 7.45. The van der Waals surface area contributed by atoms with E-state index in [2.05, 4.69) is 32.3 Å². The Bertz CT molecular complexity index is 542. The van der Waals surface area contributed by atoms with Gasteiger partial charge in [-0.1, -0.05) is 18.5 Å². The van der Waals surface area contributed by atoms with Crippen LogP contribution in [0.3, 0.4) is 0 Å². The fourth-order valence-electron chi connectivity index (χ4n) is 2.90. The number of hydrogen-bond donors (Lipinski definition) is 1. The molecule has 6 heteroatoms. The second-order valence-corrected chi connectivity index (χ2v) is 5.28. The average Bonchev–Trinajstić information content (AvgIpc) is 3.00. The molecule has 20 heavy (non-hydrogen) atoms. The summed E-state index contributed by atoms with van der Waals surface area (Å²) < 4.78 is 5.55. The zero-order valence-electron chi connectivity index (χ0n) is 11.7. The molecule has 1 fully saturated rings. The molecular formula is C14H19N5O.